The van der Waals surface area contributed by atoms with E-state index in [-0.39, 0.29) is 5.69 Å². The summed E-state index contributed by atoms with van der Waals surface area (Å²) in [6.07, 6.45) is -0.542. The summed E-state index contributed by atoms with van der Waals surface area (Å²) >= 11 is 0. The highest BCUT2D eigenvalue weighted by Crippen LogP contribution is 2.41. The number of fused-ring (bicyclic) bond motifs is 4. The number of rotatable bonds is 2. The molecule has 0 N–H and O–H groups in total. The normalized spacial score (nSPS) is 13.8. The van der Waals surface area contributed by atoms with Gasteiger partial charge >= 0.3 is 0 Å². The summed E-state index contributed by atoms with van der Waals surface area (Å²) in [5.74, 6) is -1.26. The van der Waals surface area contributed by atoms with Crippen molar-refractivity contribution in [1.29, 1.82) is 5.26 Å². The van der Waals surface area contributed by atoms with Crippen LogP contribution in [-0.4, -0.2) is 0 Å². The zero-order chi connectivity index (χ0) is 28.5. The summed E-state index contributed by atoms with van der Waals surface area (Å²) in [6.45, 7) is -1.11. The Kier molecular flexibility index (Phi) is 3.60. The molecule has 0 unspecified atom stereocenters. The Labute approximate surface area is 209 Å². The highest BCUT2D eigenvalue weighted by atomic mass is 19.1. The Morgan fingerprint density at radius 1 is 0.971 bits per heavy atom. The monoisotopic (exact) mass is 462 g/mol. The molecule has 6 rings (SSSR count). The topological polar surface area (TPSA) is 40.8 Å². The van der Waals surface area contributed by atoms with E-state index in [2.05, 4.69) is 6.07 Å². The number of aromatic nitrogens is 1. The van der Waals surface area contributed by atoms with Gasteiger partial charge < -0.3 is 4.42 Å². The fourth-order valence-electron chi connectivity index (χ4n) is 4.72. The molecule has 0 aliphatic carbocycles. The van der Waals surface area contributed by atoms with Gasteiger partial charge in [-0.1, -0.05) is 48.5 Å². The van der Waals surface area contributed by atoms with Crippen LogP contribution in [0, 0.1) is 30.9 Å². The molecule has 0 saturated heterocycles. The van der Waals surface area contributed by atoms with E-state index in [0.717, 1.165) is 16.3 Å². The second-order valence-corrected chi connectivity index (χ2v) is 8.64. The summed E-state index contributed by atoms with van der Waals surface area (Å²) in [6, 6.07) is 22.7. The Morgan fingerprint density at radius 2 is 1.80 bits per heavy atom. The summed E-state index contributed by atoms with van der Waals surface area (Å²) in [5, 5.41) is 13.3. The smallest absolute Gasteiger partial charge is 0.219 e. The van der Waals surface area contributed by atoms with Crippen LogP contribution in [0.5, 0.6) is 0 Å². The molecule has 0 bridgehead atoms. The largest absolute Gasteiger partial charge is 0.454 e. The van der Waals surface area contributed by atoms with Crippen LogP contribution in [-0.2, 0) is 7.05 Å². The van der Waals surface area contributed by atoms with Gasteiger partial charge in [0, 0.05) is 32.1 Å². The van der Waals surface area contributed by atoms with Crippen LogP contribution in [0.25, 0.3) is 55.1 Å². The second-order valence-electron chi connectivity index (χ2n) is 8.64. The maximum Gasteiger partial charge on any atom is 0.219 e. The van der Waals surface area contributed by atoms with Gasteiger partial charge in [0.05, 0.1) is 18.6 Å². The van der Waals surface area contributed by atoms with Gasteiger partial charge in [0.2, 0.25) is 5.69 Å². The van der Waals surface area contributed by atoms with Crippen molar-refractivity contribution in [2.24, 2.45) is 7.05 Å². The Morgan fingerprint density at radius 3 is 2.60 bits per heavy atom. The molecule has 2 aromatic heterocycles. The lowest BCUT2D eigenvalue weighted by Crippen LogP contribution is -2.31. The van der Waals surface area contributed by atoms with E-state index in [4.69, 9.17) is 11.3 Å². The first kappa shape index (κ1) is 16.2. The molecular weight excluding hydrogens is 435 g/mol. The van der Waals surface area contributed by atoms with Gasteiger partial charge in [-0.2, -0.15) is 5.26 Å². The van der Waals surface area contributed by atoms with Crippen molar-refractivity contribution >= 4 is 32.7 Å². The number of halogens is 1. The third kappa shape index (κ3) is 3.28. The van der Waals surface area contributed by atoms with E-state index >= 15 is 4.39 Å². The average Bonchev–Trinajstić information content (AvgIpc) is 3.30. The van der Waals surface area contributed by atoms with Gasteiger partial charge in [-0.25, -0.2) is 8.96 Å². The lowest BCUT2D eigenvalue weighted by molar-refractivity contribution is -0.661. The lowest BCUT2D eigenvalue weighted by Gasteiger charge is -2.06. The van der Waals surface area contributed by atoms with Crippen LogP contribution in [0.1, 0.15) is 23.5 Å². The molecule has 35 heavy (non-hydrogen) atoms. The van der Waals surface area contributed by atoms with Crippen molar-refractivity contribution in [3.05, 3.63) is 101 Å². The van der Waals surface area contributed by atoms with E-state index in [0.29, 0.717) is 44.2 Å². The third-order valence-electron chi connectivity index (χ3n) is 6.44. The van der Waals surface area contributed by atoms with E-state index in [1.54, 1.807) is 25.1 Å². The molecule has 4 heteroatoms. The van der Waals surface area contributed by atoms with Gasteiger partial charge in [0.15, 0.2) is 6.17 Å². The zero-order valence-electron chi connectivity index (χ0n) is 24.0. The fraction of sp³-hybridized carbons (Fsp3) is 0.0968. The van der Waals surface area contributed by atoms with Crippen LogP contribution in [0.3, 0.4) is 0 Å². The minimum absolute atomic E-state index is 0.0328. The van der Waals surface area contributed by atoms with Crippen LogP contribution in [0.2, 0.25) is 0 Å². The first-order chi connectivity index (χ1) is 19.0. The Bertz CT molecular complexity index is 2040. The molecular formula is C31H22FN2O+. The van der Waals surface area contributed by atoms with Gasteiger partial charge in [-0.05, 0) is 53.9 Å². The molecule has 0 saturated carbocycles. The third-order valence-corrected chi connectivity index (χ3v) is 6.44. The zero-order valence-corrected chi connectivity index (χ0v) is 19.0. The maximum absolute atomic E-state index is 15.4. The van der Waals surface area contributed by atoms with Gasteiger partial charge in [-0.15, -0.1) is 0 Å². The maximum atomic E-state index is 15.4. The molecule has 0 aliphatic rings. The molecule has 0 amide bonds. The number of nitrogens with zero attached hydrogens (tertiary/aromatic N) is 2. The molecule has 6 aromatic rings. The van der Waals surface area contributed by atoms with Crippen molar-refractivity contribution in [2.75, 3.05) is 0 Å². The number of aryl methyl sites for hydroxylation is 1. The number of pyridine rings is 1. The first-order valence-electron chi connectivity index (χ1n) is 13.6. The molecule has 4 aromatic carbocycles. The first-order valence-corrected chi connectivity index (χ1v) is 11.1. The fourth-order valence-corrected chi connectivity index (χ4v) is 4.72. The molecule has 0 radical (unpaired) electrons. The van der Waals surface area contributed by atoms with Crippen molar-refractivity contribution in [3.63, 3.8) is 0 Å². The molecule has 0 atom stereocenters. The molecule has 168 valence electrons. The predicted octanol–water partition coefficient (Wildman–Crippen LogP) is 7.53. The predicted molar refractivity (Wildman–Crippen MR) is 137 cm³/mol. The van der Waals surface area contributed by atoms with E-state index in [9.17, 15) is 5.26 Å². The standard InChI is InChI=1S/C31H22FN2O/c1-18-8-11-24-26-13-20(16-33)12-25(23-10-9-21-6-4-5-7-22(21)14-23)30(26)35-31(24)29(18)28-15-27(32)19(2)17-34(28)3/h4-15,17H,1-3H3/q+1/i2D3,15D,17D. The van der Waals surface area contributed by atoms with Crippen molar-refractivity contribution in [1.82, 2.24) is 0 Å². The minimum atomic E-state index is -2.89. The highest BCUT2D eigenvalue weighted by molar-refractivity contribution is 6.14. The quantitative estimate of drug-likeness (QED) is 0.250. The van der Waals surface area contributed by atoms with Crippen LogP contribution in [0.15, 0.2) is 83.4 Å². The minimum Gasteiger partial charge on any atom is -0.454 e. The highest BCUT2D eigenvalue weighted by Gasteiger charge is 2.23. The lowest BCUT2D eigenvalue weighted by atomic mass is 9.96. The van der Waals surface area contributed by atoms with Gasteiger partial charge in [0.1, 0.15) is 25.4 Å². The summed E-state index contributed by atoms with van der Waals surface area (Å²) in [4.78, 5) is 0. The van der Waals surface area contributed by atoms with E-state index in [1.807, 2.05) is 48.5 Å². The van der Waals surface area contributed by atoms with Crippen LogP contribution in [0.4, 0.5) is 4.39 Å². The number of furan rings is 1. The molecule has 3 nitrogen and oxygen atoms in total. The van der Waals surface area contributed by atoms with Gasteiger partial charge in [0.25, 0.3) is 0 Å². The number of hydrogen-bond acceptors (Lipinski definition) is 2. The van der Waals surface area contributed by atoms with Crippen molar-refractivity contribution in [2.45, 2.75) is 13.8 Å². The summed E-state index contributed by atoms with van der Waals surface area (Å²) < 4.78 is 63.2. The SMILES string of the molecule is [2H]c1c(F)c(C([2H])([2H])[2H])c([2H])[n+](C)c1-c1c(C)ccc2c1oc1c(-c3ccc4ccccc4c3)cc(C#N)cc12. The average molecular weight is 463 g/mol. The number of nitriles is 1. The summed E-state index contributed by atoms with van der Waals surface area (Å²) in [5.41, 5.74) is 3.16. The number of hydrogen-bond donors (Lipinski definition) is 0. The van der Waals surface area contributed by atoms with E-state index in [1.165, 1.54) is 11.6 Å². The molecule has 2 heterocycles. The van der Waals surface area contributed by atoms with Crippen molar-refractivity contribution < 1.29 is 20.2 Å². The van der Waals surface area contributed by atoms with Gasteiger partial charge in [-0.3, -0.25) is 0 Å². The number of benzene rings is 4. The van der Waals surface area contributed by atoms with E-state index < -0.39 is 30.4 Å². The Hall–Kier alpha value is -4.49. The Balaban J connectivity index is 1.71. The van der Waals surface area contributed by atoms with Crippen LogP contribution >= 0.6 is 0 Å². The molecule has 0 fully saturated rings. The molecule has 0 aliphatic heterocycles. The second kappa shape index (κ2) is 7.78. The van der Waals surface area contributed by atoms with Crippen LogP contribution < -0.4 is 4.57 Å². The molecule has 0 spiro atoms. The van der Waals surface area contributed by atoms with Crippen molar-refractivity contribution in [3.8, 4) is 28.5 Å². The summed E-state index contributed by atoms with van der Waals surface area (Å²) in [7, 11) is 1.44.